The summed E-state index contributed by atoms with van der Waals surface area (Å²) in [6, 6.07) is 2.83. The molecule has 0 bridgehead atoms. The lowest BCUT2D eigenvalue weighted by molar-refractivity contribution is -0.149. The summed E-state index contributed by atoms with van der Waals surface area (Å²) >= 11 is 5.81. The fourth-order valence-corrected chi connectivity index (χ4v) is 3.34. The summed E-state index contributed by atoms with van der Waals surface area (Å²) in [6.07, 6.45) is 0.647. The van der Waals surface area contributed by atoms with Gasteiger partial charge in [0, 0.05) is 11.1 Å². The van der Waals surface area contributed by atoms with Crippen molar-refractivity contribution in [3.8, 4) is 0 Å². The average molecular weight is 373 g/mol. The molecule has 0 aliphatic rings. The molecule has 1 rings (SSSR count). The number of carboxylic acid groups (broad SMARTS) is 1. The second-order valence-electron chi connectivity index (χ2n) is 6.78. The Hall–Kier alpha value is -1.66. The first kappa shape index (κ1) is 21.4. The first-order chi connectivity index (χ1) is 11.5. The predicted molar refractivity (Wildman–Crippen MR) is 96.1 cm³/mol. The Morgan fingerprint density at radius 1 is 1.40 bits per heavy atom. The van der Waals surface area contributed by atoms with Gasteiger partial charge < -0.3 is 10.8 Å². The predicted octanol–water partition coefficient (Wildman–Crippen LogP) is 3.26. The number of benzene rings is 1. The second-order valence-corrected chi connectivity index (χ2v) is 7.19. The maximum absolute atomic E-state index is 14.5. The van der Waals surface area contributed by atoms with E-state index >= 15 is 0 Å². The molecule has 1 aromatic carbocycles. The molecule has 140 valence electrons. The molecule has 0 saturated carbocycles. The van der Waals surface area contributed by atoms with Gasteiger partial charge in [0.2, 0.25) is 5.91 Å². The molecule has 0 aliphatic heterocycles. The number of rotatable bonds is 8. The van der Waals surface area contributed by atoms with Crippen molar-refractivity contribution in [2.24, 2.45) is 11.7 Å². The van der Waals surface area contributed by atoms with E-state index in [1.807, 2.05) is 27.7 Å². The van der Waals surface area contributed by atoms with Crippen LogP contribution < -0.4 is 5.73 Å². The van der Waals surface area contributed by atoms with Gasteiger partial charge in [0.05, 0.1) is 10.9 Å². The van der Waals surface area contributed by atoms with Crippen LogP contribution in [0, 0.1) is 11.7 Å². The van der Waals surface area contributed by atoms with Crippen molar-refractivity contribution in [1.82, 2.24) is 4.90 Å². The number of hydrogen-bond donors (Lipinski definition) is 2. The van der Waals surface area contributed by atoms with Gasteiger partial charge in [-0.25, -0.2) is 4.39 Å². The van der Waals surface area contributed by atoms with Crippen LogP contribution >= 0.6 is 11.6 Å². The van der Waals surface area contributed by atoms with Gasteiger partial charge in [0.1, 0.15) is 11.9 Å². The first-order valence-corrected chi connectivity index (χ1v) is 8.55. The van der Waals surface area contributed by atoms with Crippen LogP contribution in [0.2, 0.25) is 5.02 Å². The number of primary amides is 1. The van der Waals surface area contributed by atoms with E-state index in [0.717, 1.165) is 0 Å². The van der Waals surface area contributed by atoms with Crippen LogP contribution in [0.25, 0.3) is 0 Å². The highest BCUT2D eigenvalue weighted by Gasteiger charge is 2.45. The minimum absolute atomic E-state index is 0.0992. The maximum Gasteiger partial charge on any atom is 0.322 e. The third kappa shape index (κ3) is 4.12. The molecule has 7 heteroatoms. The molecule has 0 aliphatic carbocycles. The SMILES string of the molecule is CCC(C)(C(C)C)N(C)[C@@H](C(=O)O)[C@@H](C(N)=O)c1cccc(Cl)c1F. The van der Waals surface area contributed by atoms with E-state index in [1.54, 1.807) is 11.9 Å². The van der Waals surface area contributed by atoms with E-state index in [-0.39, 0.29) is 16.5 Å². The highest BCUT2D eigenvalue weighted by Crippen LogP contribution is 2.35. The summed E-state index contributed by atoms with van der Waals surface area (Å²) in [5.74, 6) is -4.25. The average Bonchev–Trinajstić information content (AvgIpc) is 2.53. The summed E-state index contributed by atoms with van der Waals surface area (Å²) in [6.45, 7) is 7.80. The van der Waals surface area contributed by atoms with Crippen molar-refractivity contribution < 1.29 is 19.1 Å². The Morgan fingerprint density at radius 3 is 2.36 bits per heavy atom. The molecule has 1 aromatic rings. The lowest BCUT2D eigenvalue weighted by atomic mass is 9.80. The maximum atomic E-state index is 14.5. The van der Waals surface area contributed by atoms with Crippen LogP contribution in [0.3, 0.4) is 0 Å². The Kier molecular flexibility index (Phi) is 6.97. The third-order valence-corrected chi connectivity index (χ3v) is 5.67. The summed E-state index contributed by atoms with van der Waals surface area (Å²) in [5.41, 5.74) is 4.85. The Labute approximate surface area is 152 Å². The number of likely N-dealkylation sites (N-methyl/N-ethyl adjacent to an activating group) is 1. The molecule has 3 atom stereocenters. The highest BCUT2D eigenvalue weighted by atomic mass is 35.5. The number of nitrogens with zero attached hydrogens (tertiary/aromatic N) is 1. The molecule has 1 amide bonds. The number of nitrogens with two attached hydrogens (primary N) is 1. The molecule has 5 nitrogen and oxygen atoms in total. The van der Waals surface area contributed by atoms with Crippen LogP contribution in [0.1, 0.15) is 45.6 Å². The second kappa shape index (κ2) is 8.15. The number of carbonyl (C=O) groups is 2. The molecule has 25 heavy (non-hydrogen) atoms. The van der Waals surface area contributed by atoms with E-state index in [1.165, 1.54) is 18.2 Å². The molecule has 0 heterocycles. The first-order valence-electron chi connectivity index (χ1n) is 8.17. The van der Waals surface area contributed by atoms with E-state index in [4.69, 9.17) is 17.3 Å². The van der Waals surface area contributed by atoms with Crippen molar-refractivity contribution in [3.63, 3.8) is 0 Å². The van der Waals surface area contributed by atoms with Crippen LogP contribution in [-0.2, 0) is 9.59 Å². The van der Waals surface area contributed by atoms with Crippen molar-refractivity contribution in [2.45, 2.75) is 51.6 Å². The lowest BCUT2D eigenvalue weighted by Gasteiger charge is -2.46. The van der Waals surface area contributed by atoms with Gasteiger partial charge in [0.25, 0.3) is 0 Å². The van der Waals surface area contributed by atoms with E-state index in [9.17, 15) is 19.1 Å². The topological polar surface area (TPSA) is 83.6 Å². The lowest BCUT2D eigenvalue weighted by Crippen LogP contribution is -2.58. The van der Waals surface area contributed by atoms with Gasteiger partial charge >= 0.3 is 5.97 Å². The fraction of sp³-hybridized carbons (Fsp3) is 0.556. The minimum Gasteiger partial charge on any atom is -0.480 e. The van der Waals surface area contributed by atoms with Gasteiger partial charge in [-0.15, -0.1) is 0 Å². The van der Waals surface area contributed by atoms with Crippen LogP contribution in [-0.4, -0.2) is 40.5 Å². The summed E-state index contributed by atoms with van der Waals surface area (Å²) in [7, 11) is 1.63. The standard InChI is InChI=1S/C18H26ClFN2O3/c1-6-18(4,10(2)3)22(5)15(17(24)25)13(16(21)23)11-8-7-9-12(19)14(11)20/h7-10,13,15H,6H2,1-5H3,(H2,21,23)(H,24,25)/t13-,15+,18?/m0/s1. The van der Waals surface area contributed by atoms with Crippen molar-refractivity contribution in [2.75, 3.05) is 7.05 Å². The molecule has 0 radical (unpaired) electrons. The largest absolute Gasteiger partial charge is 0.480 e. The number of hydrogen-bond acceptors (Lipinski definition) is 3. The Balaban J connectivity index is 3.55. The van der Waals surface area contributed by atoms with Gasteiger partial charge in [-0.05, 0) is 32.4 Å². The Bertz CT molecular complexity index is 653. The van der Waals surface area contributed by atoms with Crippen LogP contribution in [0.15, 0.2) is 18.2 Å². The van der Waals surface area contributed by atoms with Crippen molar-refractivity contribution in [3.05, 3.63) is 34.6 Å². The number of carbonyl (C=O) groups excluding carboxylic acids is 1. The van der Waals surface area contributed by atoms with E-state index < -0.39 is 35.2 Å². The number of halogens is 2. The van der Waals surface area contributed by atoms with Gasteiger partial charge in [-0.3, -0.25) is 14.5 Å². The molecule has 0 fully saturated rings. The molecule has 3 N–H and O–H groups in total. The zero-order chi connectivity index (χ0) is 19.5. The van der Waals surface area contributed by atoms with Crippen LogP contribution in [0.5, 0.6) is 0 Å². The highest BCUT2D eigenvalue weighted by molar-refractivity contribution is 6.30. The Morgan fingerprint density at radius 2 is 1.96 bits per heavy atom. The monoisotopic (exact) mass is 372 g/mol. The third-order valence-electron chi connectivity index (χ3n) is 5.37. The van der Waals surface area contributed by atoms with E-state index in [0.29, 0.717) is 6.42 Å². The number of carboxylic acids is 1. The molecular weight excluding hydrogens is 347 g/mol. The quantitative estimate of drug-likeness (QED) is 0.733. The summed E-state index contributed by atoms with van der Waals surface area (Å²) in [5, 5.41) is 9.64. The summed E-state index contributed by atoms with van der Waals surface area (Å²) < 4.78 is 14.5. The van der Waals surface area contributed by atoms with Crippen molar-refractivity contribution in [1.29, 1.82) is 0 Å². The van der Waals surface area contributed by atoms with E-state index in [2.05, 4.69) is 0 Å². The fourth-order valence-electron chi connectivity index (χ4n) is 3.15. The van der Waals surface area contributed by atoms with Gasteiger partial charge in [0.15, 0.2) is 0 Å². The summed E-state index contributed by atoms with van der Waals surface area (Å²) in [4.78, 5) is 25.8. The minimum atomic E-state index is -1.37. The van der Waals surface area contributed by atoms with Crippen molar-refractivity contribution >= 4 is 23.5 Å². The van der Waals surface area contributed by atoms with Gasteiger partial charge in [-0.2, -0.15) is 0 Å². The molecule has 0 aromatic heterocycles. The van der Waals surface area contributed by atoms with Gasteiger partial charge in [-0.1, -0.05) is 44.5 Å². The normalized spacial score (nSPS) is 16.5. The van der Waals surface area contributed by atoms with Crippen LogP contribution in [0.4, 0.5) is 4.39 Å². The zero-order valence-corrected chi connectivity index (χ0v) is 16.0. The molecular formula is C18H26ClFN2O3. The number of aliphatic carboxylic acids is 1. The molecule has 0 saturated heterocycles. The molecule has 0 spiro atoms. The number of amides is 1. The zero-order valence-electron chi connectivity index (χ0n) is 15.2. The molecule has 1 unspecified atom stereocenters. The smallest absolute Gasteiger partial charge is 0.322 e.